The van der Waals surface area contributed by atoms with Crippen molar-refractivity contribution < 1.29 is 14.1 Å². The van der Waals surface area contributed by atoms with Crippen LogP contribution in [-0.2, 0) is 6.42 Å². The van der Waals surface area contributed by atoms with Crippen molar-refractivity contribution in [2.24, 2.45) is 0 Å². The Morgan fingerprint density at radius 3 is 2.69 bits per heavy atom. The Morgan fingerprint density at radius 1 is 1.19 bits per heavy atom. The molecule has 0 fully saturated rings. The van der Waals surface area contributed by atoms with Crippen LogP contribution < -0.4 is 15.4 Å². The molecule has 0 spiro atoms. The van der Waals surface area contributed by atoms with Gasteiger partial charge in [0.1, 0.15) is 5.75 Å². The monoisotopic (exact) mass is 372 g/mol. The molecule has 1 heterocycles. The number of benzene rings is 2. The molecule has 1 aromatic heterocycles. The lowest BCUT2D eigenvalue weighted by Crippen LogP contribution is -2.20. The number of hydrogen-bond acceptors (Lipinski definition) is 5. The normalized spacial score (nSPS) is 10.4. The summed E-state index contributed by atoms with van der Waals surface area (Å²) in [5.41, 5.74) is 1.97. The van der Waals surface area contributed by atoms with Gasteiger partial charge in [0, 0.05) is 10.7 Å². The number of rotatable bonds is 5. The van der Waals surface area contributed by atoms with Crippen molar-refractivity contribution >= 4 is 29.0 Å². The lowest BCUT2D eigenvalue weighted by molar-refractivity contribution is 0.262. The van der Waals surface area contributed by atoms with Crippen LogP contribution >= 0.6 is 11.6 Å². The number of amides is 2. The second-order valence-electron chi connectivity index (χ2n) is 5.49. The third-order valence-corrected chi connectivity index (χ3v) is 3.82. The Hall–Kier alpha value is -3.06. The Labute approximate surface area is 155 Å². The molecule has 0 radical (unpaired) electrons. The van der Waals surface area contributed by atoms with E-state index in [4.69, 9.17) is 20.9 Å². The molecule has 2 amide bonds. The molecule has 134 valence electrons. The summed E-state index contributed by atoms with van der Waals surface area (Å²) in [6.45, 7) is 1.75. The lowest BCUT2D eigenvalue weighted by Gasteiger charge is -2.13. The first kappa shape index (κ1) is 17.8. The van der Waals surface area contributed by atoms with E-state index in [2.05, 4.69) is 20.8 Å². The van der Waals surface area contributed by atoms with Crippen molar-refractivity contribution in [3.8, 4) is 5.75 Å². The van der Waals surface area contributed by atoms with Crippen molar-refractivity contribution in [2.45, 2.75) is 13.3 Å². The number of methoxy groups -OCH3 is 1. The molecule has 0 saturated carbocycles. The Balaban J connectivity index is 1.75. The molecule has 0 aliphatic heterocycles. The van der Waals surface area contributed by atoms with Gasteiger partial charge < -0.3 is 19.9 Å². The van der Waals surface area contributed by atoms with Gasteiger partial charge in [0.05, 0.1) is 19.2 Å². The SMILES string of the molecule is COc1ccc(Cl)cc1NC(=O)Nc1ccccc1Cc1nc(C)no1. The number of ether oxygens (including phenoxy) is 1. The average Bonchev–Trinajstić information content (AvgIpc) is 3.02. The van der Waals surface area contributed by atoms with Crippen LogP contribution in [0.3, 0.4) is 0 Å². The minimum Gasteiger partial charge on any atom is -0.495 e. The summed E-state index contributed by atoms with van der Waals surface area (Å²) in [5.74, 6) is 1.56. The molecule has 7 nitrogen and oxygen atoms in total. The highest BCUT2D eigenvalue weighted by Crippen LogP contribution is 2.28. The molecular weight excluding hydrogens is 356 g/mol. The lowest BCUT2D eigenvalue weighted by atomic mass is 10.1. The van der Waals surface area contributed by atoms with Gasteiger partial charge >= 0.3 is 6.03 Å². The van der Waals surface area contributed by atoms with Crippen LogP contribution in [-0.4, -0.2) is 23.3 Å². The molecular formula is C18H17ClN4O3. The summed E-state index contributed by atoms with van der Waals surface area (Å²) in [4.78, 5) is 16.6. The molecule has 8 heteroatoms. The van der Waals surface area contributed by atoms with Gasteiger partial charge in [0.15, 0.2) is 5.82 Å². The van der Waals surface area contributed by atoms with Crippen LogP contribution in [0.5, 0.6) is 5.75 Å². The van der Waals surface area contributed by atoms with Crippen LogP contribution in [0.2, 0.25) is 5.02 Å². The topological polar surface area (TPSA) is 89.3 Å². The molecule has 0 unspecified atom stereocenters. The third kappa shape index (κ3) is 4.31. The highest BCUT2D eigenvalue weighted by molar-refractivity contribution is 6.31. The van der Waals surface area contributed by atoms with Gasteiger partial charge in [-0.05, 0) is 36.8 Å². The van der Waals surface area contributed by atoms with Gasteiger partial charge in [0.2, 0.25) is 5.89 Å². The van der Waals surface area contributed by atoms with Crippen LogP contribution in [0.15, 0.2) is 47.0 Å². The van der Waals surface area contributed by atoms with Crippen molar-refractivity contribution in [2.75, 3.05) is 17.7 Å². The van der Waals surface area contributed by atoms with Gasteiger partial charge in [-0.1, -0.05) is 35.0 Å². The first-order chi connectivity index (χ1) is 12.5. The third-order valence-electron chi connectivity index (χ3n) is 3.59. The summed E-state index contributed by atoms with van der Waals surface area (Å²) in [5, 5.41) is 9.82. The van der Waals surface area contributed by atoms with E-state index in [1.54, 1.807) is 31.2 Å². The van der Waals surface area contributed by atoms with E-state index in [1.807, 2.05) is 18.2 Å². The minimum atomic E-state index is -0.417. The molecule has 0 aliphatic rings. The smallest absolute Gasteiger partial charge is 0.323 e. The number of nitrogens with one attached hydrogen (secondary N) is 2. The summed E-state index contributed by atoms with van der Waals surface area (Å²) in [6.07, 6.45) is 0.414. The predicted octanol–water partition coefficient (Wildman–Crippen LogP) is 4.27. The average molecular weight is 373 g/mol. The number of nitrogens with zero attached hydrogens (tertiary/aromatic N) is 2. The minimum absolute atomic E-state index is 0.414. The summed E-state index contributed by atoms with van der Waals surface area (Å²) in [7, 11) is 1.52. The number of carbonyl (C=O) groups is 1. The number of hydrogen-bond donors (Lipinski definition) is 2. The van der Waals surface area contributed by atoms with Crippen molar-refractivity contribution in [3.63, 3.8) is 0 Å². The summed E-state index contributed by atoms with van der Waals surface area (Å²) in [6, 6.07) is 12.0. The molecule has 0 atom stereocenters. The van der Waals surface area contributed by atoms with Gasteiger partial charge in [0.25, 0.3) is 0 Å². The van der Waals surface area contributed by atoms with Crippen LogP contribution in [0, 0.1) is 6.92 Å². The highest BCUT2D eigenvalue weighted by atomic mass is 35.5. The predicted molar refractivity (Wildman–Crippen MR) is 98.9 cm³/mol. The number of aryl methyl sites for hydroxylation is 1. The quantitative estimate of drug-likeness (QED) is 0.697. The molecule has 0 aliphatic carbocycles. The van der Waals surface area contributed by atoms with E-state index < -0.39 is 6.03 Å². The Morgan fingerprint density at radius 2 is 1.96 bits per heavy atom. The Bertz CT molecular complexity index is 926. The van der Waals surface area contributed by atoms with E-state index in [0.29, 0.717) is 40.3 Å². The number of anilines is 2. The summed E-state index contributed by atoms with van der Waals surface area (Å²) >= 11 is 5.98. The second kappa shape index (κ2) is 7.88. The van der Waals surface area contributed by atoms with Crippen molar-refractivity contribution in [3.05, 3.63) is 64.8 Å². The largest absolute Gasteiger partial charge is 0.495 e. The van der Waals surface area contributed by atoms with E-state index in [-0.39, 0.29) is 0 Å². The standard InChI is InChI=1S/C18H17ClN4O3/c1-11-20-17(26-23-11)9-12-5-3-4-6-14(12)21-18(24)22-15-10-13(19)7-8-16(15)25-2/h3-8,10H,9H2,1-2H3,(H2,21,22,24). The van der Waals surface area contributed by atoms with Crippen LogP contribution in [0.1, 0.15) is 17.3 Å². The number of urea groups is 1. The number of carbonyl (C=O) groups excluding carboxylic acids is 1. The van der Waals surface area contributed by atoms with Crippen LogP contribution in [0.4, 0.5) is 16.2 Å². The fourth-order valence-electron chi connectivity index (χ4n) is 2.42. The number of para-hydroxylation sites is 1. The first-order valence-corrected chi connectivity index (χ1v) is 8.21. The molecule has 3 aromatic rings. The molecule has 3 rings (SSSR count). The number of aromatic nitrogens is 2. The fourth-order valence-corrected chi connectivity index (χ4v) is 2.60. The van der Waals surface area contributed by atoms with Gasteiger partial charge in [-0.15, -0.1) is 0 Å². The maximum atomic E-state index is 12.4. The summed E-state index contributed by atoms with van der Waals surface area (Å²) < 4.78 is 10.4. The molecule has 0 saturated heterocycles. The zero-order chi connectivity index (χ0) is 18.5. The van der Waals surface area contributed by atoms with Gasteiger partial charge in [-0.3, -0.25) is 0 Å². The number of halogens is 1. The van der Waals surface area contributed by atoms with E-state index in [0.717, 1.165) is 5.56 Å². The molecule has 0 bridgehead atoms. The Kier molecular flexibility index (Phi) is 5.38. The maximum absolute atomic E-state index is 12.4. The second-order valence-corrected chi connectivity index (χ2v) is 5.93. The molecule has 2 N–H and O–H groups in total. The zero-order valence-corrected chi connectivity index (χ0v) is 15.0. The van der Waals surface area contributed by atoms with E-state index in [1.165, 1.54) is 7.11 Å². The zero-order valence-electron chi connectivity index (χ0n) is 14.2. The van der Waals surface area contributed by atoms with E-state index in [9.17, 15) is 4.79 Å². The van der Waals surface area contributed by atoms with Gasteiger partial charge in [-0.25, -0.2) is 4.79 Å². The van der Waals surface area contributed by atoms with Crippen molar-refractivity contribution in [1.29, 1.82) is 0 Å². The van der Waals surface area contributed by atoms with E-state index >= 15 is 0 Å². The van der Waals surface area contributed by atoms with Crippen LogP contribution in [0.25, 0.3) is 0 Å². The highest BCUT2D eigenvalue weighted by Gasteiger charge is 2.12. The van der Waals surface area contributed by atoms with Crippen molar-refractivity contribution in [1.82, 2.24) is 10.1 Å². The van der Waals surface area contributed by atoms with Gasteiger partial charge in [-0.2, -0.15) is 4.98 Å². The molecule has 2 aromatic carbocycles. The maximum Gasteiger partial charge on any atom is 0.323 e. The molecule has 26 heavy (non-hydrogen) atoms. The first-order valence-electron chi connectivity index (χ1n) is 7.84. The fraction of sp³-hybridized carbons (Fsp3) is 0.167.